The summed E-state index contributed by atoms with van der Waals surface area (Å²) >= 11 is 1.40. The third kappa shape index (κ3) is 4.16. The molecule has 1 aliphatic heterocycles. The van der Waals surface area contributed by atoms with Gasteiger partial charge in [0.25, 0.3) is 0 Å². The first-order chi connectivity index (χ1) is 13.5. The van der Waals surface area contributed by atoms with E-state index in [4.69, 9.17) is 4.74 Å². The molecule has 0 bridgehead atoms. The second kappa shape index (κ2) is 8.87. The Hall–Kier alpha value is -2.88. The van der Waals surface area contributed by atoms with Gasteiger partial charge in [0.05, 0.1) is 18.2 Å². The van der Waals surface area contributed by atoms with Gasteiger partial charge in [0.2, 0.25) is 0 Å². The minimum atomic E-state index is -0.437. The molecule has 1 atom stereocenters. The minimum Gasteiger partial charge on any atom is -0.463 e. The highest BCUT2D eigenvalue weighted by atomic mass is 32.2. The lowest BCUT2D eigenvalue weighted by Crippen LogP contribution is -2.49. The van der Waals surface area contributed by atoms with Crippen LogP contribution in [0.25, 0.3) is 11.4 Å². The Bertz CT molecular complexity index is 896. The monoisotopic (exact) mass is 402 g/mol. The second-order valence-corrected chi connectivity index (χ2v) is 6.95. The zero-order chi connectivity index (χ0) is 20.1. The van der Waals surface area contributed by atoms with E-state index in [2.05, 4.69) is 25.8 Å². The predicted octanol–water partition coefficient (Wildman–Crippen LogP) is 1.97. The van der Waals surface area contributed by atoms with Crippen molar-refractivity contribution in [3.8, 4) is 11.4 Å². The van der Waals surface area contributed by atoms with Gasteiger partial charge in [0.15, 0.2) is 11.0 Å². The normalized spacial score (nSPS) is 16.5. The van der Waals surface area contributed by atoms with Gasteiger partial charge < -0.3 is 19.9 Å². The van der Waals surface area contributed by atoms with Crippen molar-refractivity contribution in [1.82, 2.24) is 30.4 Å². The summed E-state index contributed by atoms with van der Waals surface area (Å²) in [7, 11) is 0. The first kappa shape index (κ1) is 19.9. The number of aromatic nitrogens is 4. The molecule has 0 saturated carbocycles. The van der Waals surface area contributed by atoms with Crippen LogP contribution in [0.15, 0.2) is 41.0 Å². The van der Waals surface area contributed by atoms with E-state index in [1.54, 1.807) is 26.2 Å². The van der Waals surface area contributed by atoms with Crippen molar-refractivity contribution in [3.05, 3.63) is 35.8 Å². The lowest BCUT2D eigenvalue weighted by molar-refractivity contribution is -0.138. The SMILES string of the molecule is CCOC(=O)C1=C(CSc2nnc(-c3ccncc3)n2CC)NC(=O)N[C@H]1C. The van der Waals surface area contributed by atoms with Crippen LogP contribution in [0, 0.1) is 0 Å². The topological polar surface area (TPSA) is 111 Å². The fourth-order valence-corrected chi connectivity index (χ4v) is 3.90. The van der Waals surface area contributed by atoms with Crippen molar-refractivity contribution in [3.63, 3.8) is 0 Å². The fourth-order valence-electron chi connectivity index (χ4n) is 2.93. The van der Waals surface area contributed by atoms with Gasteiger partial charge in [-0.15, -0.1) is 10.2 Å². The smallest absolute Gasteiger partial charge is 0.337 e. The zero-order valence-corrected chi connectivity index (χ0v) is 16.7. The summed E-state index contributed by atoms with van der Waals surface area (Å²) in [6.45, 7) is 6.46. The quantitative estimate of drug-likeness (QED) is 0.538. The highest BCUT2D eigenvalue weighted by Gasteiger charge is 2.30. The Balaban J connectivity index is 1.85. The van der Waals surface area contributed by atoms with E-state index in [-0.39, 0.29) is 12.6 Å². The van der Waals surface area contributed by atoms with E-state index in [9.17, 15) is 9.59 Å². The van der Waals surface area contributed by atoms with Crippen molar-refractivity contribution in [2.24, 2.45) is 0 Å². The van der Waals surface area contributed by atoms with Gasteiger partial charge in [-0.1, -0.05) is 11.8 Å². The molecule has 2 aromatic heterocycles. The number of rotatable bonds is 7. The van der Waals surface area contributed by atoms with E-state index >= 15 is 0 Å². The van der Waals surface area contributed by atoms with E-state index in [1.807, 2.05) is 23.6 Å². The standard InChI is InChI=1S/C18H22N6O3S/c1-4-24-15(12-6-8-19-9-7-12)22-23-18(24)28-10-13-14(16(25)27-5-2)11(3)20-17(26)21-13/h6-9,11H,4-5,10H2,1-3H3,(H2,20,21,26)/t11-/m0/s1. The molecule has 0 fully saturated rings. The van der Waals surface area contributed by atoms with Crippen LogP contribution >= 0.6 is 11.8 Å². The molecule has 0 saturated heterocycles. The Morgan fingerprint density at radius 2 is 2.04 bits per heavy atom. The van der Waals surface area contributed by atoms with Gasteiger partial charge in [0, 0.05) is 36.0 Å². The number of urea groups is 1. The van der Waals surface area contributed by atoms with Crippen LogP contribution in [-0.4, -0.2) is 50.2 Å². The van der Waals surface area contributed by atoms with Gasteiger partial charge in [-0.2, -0.15) is 0 Å². The molecule has 0 radical (unpaired) electrons. The number of hydrogen-bond acceptors (Lipinski definition) is 7. The number of hydrogen-bond donors (Lipinski definition) is 2. The van der Waals surface area contributed by atoms with Gasteiger partial charge in [-0.05, 0) is 32.9 Å². The molecule has 10 heteroatoms. The molecule has 28 heavy (non-hydrogen) atoms. The molecule has 3 rings (SSSR count). The summed E-state index contributed by atoms with van der Waals surface area (Å²) in [5, 5.41) is 14.7. The summed E-state index contributed by atoms with van der Waals surface area (Å²) in [6, 6.07) is 2.98. The second-order valence-electron chi connectivity index (χ2n) is 6.01. The maximum atomic E-state index is 12.3. The van der Waals surface area contributed by atoms with E-state index < -0.39 is 12.0 Å². The number of esters is 1. The number of nitrogens with zero attached hydrogens (tertiary/aromatic N) is 4. The first-order valence-corrected chi connectivity index (χ1v) is 9.97. The van der Waals surface area contributed by atoms with Crippen LogP contribution in [-0.2, 0) is 16.1 Å². The lowest BCUT2D eigenvalue weighted by atomic mass is 10.1. The number of carbonyl (C=O) groups excluding carboxylic acids is 2. The van der Waals surface area contributed by atoms with E-state index in [0.29, 0.717) is 28.7 Å². The fraction of sp³-hybridized carbons (Fsp3) is 0.389. The maximum absolute atomic E-state index is 12.3. The molecule has 0 aromatic carbocycles. The summed E-state index contributed by atoms with van der Waals surface area (Å²) in [6.07, 6.45) is 3.42. The third-order valence-electron chi connectivity index (χ3n) is 4.18. The number of thioether (sulfide) groups is 1. The van der Waals surface area contributed by atoms with Crippen LogP contribution in [0.2, 0.25) is 0 Å². The van der Waals surface area contributed by atoms with Crippen molar-refractivity contribution in [2.75, 3.05) is 12.4 Å². The van der Waals surface area contributed by atoms with Gasteiger partial charge in [0.1, 0.15) is 0 Å². The molecular formula is C18H22N6O3S. The van der Waals surface area contributed by atoms with Gasteiger partial charge >= 0.3 is 12.0 Å². The molecule has 2 N–H and O–H groups in total. The van der Waals surface area contributed by atoms with Crippen molar-refractivity contribution in [1.29, 1.82) is 0 Å². The molecule has 0 spiro atoms. The molecule has 9 nitrogen and oxygen atoms in total. The molecule has 148 valence electrons. The Kier molecular flexibility index (Phi) is 6.30. The third-order valence-corrected chi connectivity index (χ3v) is 5.18. The predicted molar refractivity (Wildman–Crippen MR) is 104 cm³/mol. The molecular weight excluding hydrogens is 380 g/mol. The lowest BCUT2D eigenvalue weighted by Gasteiger charge is -2.26. The number of carbonyl (C=O) groups is 2. The van der Waals surface area contributed by atoms with E-state index in [0.717, 1.165) is 11.4 Å². The molecule has 3 heterocycles. The summed E-state index contributed by atoms with van der Waals surface area (Å²) in [5.41, 5.74) is 1.87. The molecule has 0 unspecified atom stereocenters. The van der Waals surface area contributed by atoms with Gasteiger partial charge in [-0.25, -0.2) is 9.59 Å². The van der Waals surface area contributed by atoms with Crippen molar-refractivity contribution >= 4 is 23.8 Å². The van der Waals surface area contributed by atoms with Crippen molar-refractivity contribution < 1.29 is 14.3 Å². The van der Waals surface area contributed by atoms with Gasteiger partial charge in [-0.3, -0.25) is 4.98 Å². The minimum absolute atomic E-state index is 0.267. The van der Waals surface area contributed by atoms with Crippen LogP contribution in [0.3, 0.4) is 0 Å². The highest BCUT2D eigenvalue weighted by Crippen LogP contribution is 2.26. The molecule has 1 aliphatic rings. The number of nitrogens with one attached hydrogen (secondary N) is 2. The van der Waals surface area contributed by atoms with Crippen LogP contribution < -0.4 is 10.6 Å². The molecule has 0 aliphatic carbocycles. The summed E-state index contributed by atoms with van der Waals surface area (Å²) < 4.78 is 7.12. The molecule has 2 amide bonds. The average Bonchev–Trinajstić information content (AvgIpc) is 3.09. The maximum Gasteiger partial charge on any atom is 0.337 e. The summed E-state index contributed by atoms with van der Waals surface area (Å²) in [5.74, 6) is 0.669. The van der Waals surface area contributed by atoms with E-state index in [1.165, 1.54) is 11.8 Å². The summed E-state index contributed by atoms with van der Waals surface area (Å²) in [4.78, 5) is 28.2. The zero-order valence-electron chi connectivity index (χ0n) is 15.9. The number of ether oxygens (including phenoxy) is 1. The largest absolute Gasteiger partial charge is 0.463 e. The first-order valence-electron chi connectivity index (χ1n) is 8.99. The highest BCUT2D eigenvalue weighted by molar-refractivity contribution is 7.99. The van der Waals surface area contributed by atoms with Crippen LogP contribution in [0.4, 0.5) is 4.79 Å². The Morgan fingerprint density at radius 3 is 2.71 bits per heavy atom. The molecule has 2 aromatic rings. The van der Waals surface area contributed by atoms with Crippen molar-refractivity contribution in [2.45, 2.75) is 38.5 Å². The number of pyridine rings is 1. The average molecular weight is 402 g/mol. The Labute approximate surface area is 167 Å². The van der Waals surface area contributed by atoms with Crippen LogP contribution in [0.5, 0.6) is 0 Å². The Morgan fingerprint density at radius 1 is 1.29 bits per heavy atom. The van der Waals surface area contributed by atoms with Crippen LogP contribution in [0.1, 0.15) is 20.8 Å². The number of amides is 2.